The van der Waals surface area contributed by atoms with Gasteiger partial charge in [0.25, 0.3) is 0 Å². The van der Waals surface area contributed by atoms with Crippen molar-refractivity contribution in [3.8, 4) is 11.3 Å². The van der Waals surface area contributed by atoms with Crippen LogP contribution in [0, 0.1) is 0 Å². The summed E-state index contributed by atoms with van der Waals surface area (Å²) in [4.78, 5) is 43.1. The summed E-state index contributed by atoms with van der Waals surface area (Å²) in [5.74, 6) is 0.593. The number of aromatic nitrogens is 1. The summed E-state index contributed by atoms with van der Waals surface area (Å²) in [6, 6.07) is 22.7. The number of nitrogen functional groups attached to an aromatic ring is 1. The van der Waals surface area contributed by atoms with E-state index in [1.54, 1.807) is 65.8 Å². The fourth-order valence-corrected chi connectivity index (χ4v) is 3.16. The van der Waals surface area contributed by atoms with E-state index in [1.807, 2.05) is 48.5 Å². The van der Waals surface area contributed by atoms with Crippen LogP contribution in [0.5, 0.6) is 0 Å². The van der Waals surface area contributed by atoms with Gasteiger partial charge < -0.3 is 20.2 Å². The van der Waals surface area contributed by atoms with E-state index >= 15 is 0 Å². The van der Waals surface area contributed by atoms with E-state index in [1.165, 1.54) is 0 Å². The summed E-state index contributed by atoms with van der Waals surface area (Å²) in [5.41, 5.74) is 6.90. The third kappa shape index (κ3) is 12.6. The third-order valence-corrected chi connectivity index (χ3v) is 4.74. The minimum atomic E-state index is -0.847. The van der Waals surface area contributed by atoms with Crippen molar-refractivity contribution in [3.63, 3.8) is 0 Å². The minimum Gasteiger partial charge on any atom is -0.444 e. The first-order valence-corrected chi connectivity index (χ1v) is 12.6. The number of nitrogens with one attached hydrogen (secondary N) is 2. The van der Waals surface area contributed by atoms with E-state index in [2.05, 4.69) is 15.3 Å². The average Bonchev–Trinajstić information content (AvgIpc) is 3.28. The van der Waals surface area contributed by atoms with Crippen LogP contribution in [0.15, 0.2) is 77.8 Å². The Balaban J connectivity index is 0.000000364. The van der Waals surface area contributed by atoms with Gasteiger partial charge in [0, 0.05) is 24.1 Å². The first kappa shape index (κ1) is 30.8. The van der Waals surface area contributed by atoms with Crippen molar-refractivity contribution in [3.05, 3.63) is 78.4 Å². The summed E-state index contributed by atoms with van der Waals surface area (Å²) in [5, 5.41) is 2.43. The number of carbonyl (C=O) groups excluding carboxylic acids is 3. The van der Waals surface area contributed by atoms with Gasteiger partial charge in [-0.05, 0) is 59.2 Å². The molecule has 0 aliphatic rings. The van der Waals surface area contributed by atoms with E-state index in [0.717, 1.165) is 11.3 Å². The summed E-state index contributed by atoms with van der Waals surface area (Å²) < 4.78 is 10.3. The van der Waals surface area contributed by atoms with Crippen LogP contribution >= 0.6 is 0 Å². The molecule has 0 spiro atoms. The molecule has 2 amide bonds. The van der Waals surface area contributed by atoms with Crippen molar-refractivity contribution in [1.82, 2.24) is 10.3 Å². The maximum atomic E-state index is 12.3. The zero-order valence-corrected chi connectivity index (χ0v) is 23.4. The molecule has 3 aromatic rings. The number of anilines is 1. The van der Waals surface area contributed by atoms with E-state index in [-0.39, 0.29) is 24.5 Å². The fraction of sp³-hybridized carbons (Fsp3) is 0.333. The molecule has 208 valence electrons. The molecule has 1 heterocycles. The van der Waals surface area contributed by atoms with Gasteiger partial charge in [0.1, 0.15) is 22.9 Å². The van der Waals surface area contributed by atoms with Gasteiger partial charge in [0.15, 0.2) is 5.78 Å². The molecule has 0 aliphatic heterocycles. The molecule has 0 bridgehead atoms. The maximum Gasteiger partial charge on any atom is 0.435 e. The zero-order chi connectivity index (χ0) is 29.1. The van der Waals surface area contributed by atoms with Gasteiger partial charge in [-0.3, -0.25) is 10.1 Å². The number of aliphatic imine (C=N–C) groups is 1. The number of hydrogen-bond acceptors (Lipinski definition) is 6. The quantitative estimate of drug-likeness (QED) is 0.188. The Kier molecular flexibility index (Phi) is 11.0. The molecule has 0 unspecified atom stereocenters. The standard InChI is InChI=1S/C20H28N2O5.C10H10N2/c1-19(2,3)26-17(24)21-16(22-18(25)27-20(4,5)6)13-12-15(23)14-10-8-7-9-11-14;11-10-7-6-9(12-10)8-4-2-1-3-5-8/h7-11H,12-13H2,1-6H3,(H,21,22,24,25);1-7,12H,11H2. The van der Waals surface area contributed by atoms with Gasteiger partial charge in [-0.15, -0.1) is 0 Å². The maximum absolute atomic E-state index is 12.3. The number of nitrogens with two attached hydrogens (primary N) is 1. The molecule has 0 aliphatic carbocycles. The van der Waals surface area contributed by atoms with Crippen molar-refractivity contribution in [1.29, 1.82) is 0 Å². The number of nitrogens with zero attached hydrogens (tertiary/aromatic N) is 1. The van der Waals surface area contributed by atoms with Crippen LogP contribution in [0.4, 0.5) is 15.4 Å². The summed E-state index contributed by atoms with van der Waals surface area (Å²) >= 11 is 0. The second kappa shape index (κ2) is 13.9. The second-order valence-electron chi connectivity index (χ2n) is 10.6. The summed E-state index contributed by atoms with van der Waals surface area (Å²) in [6.45, 7) is 10.3. The van der Waals surface area contributed by atoms with Gasteiger partial charge in [0.2, 0.25) is 0 Å². The van der Waals surface area contributed by atoms with Crippen LogP contribution in [-0.4, -0.2) is 40.0 Å². The Morgan fingerprint density at radius 1 is 0.795 bits per heavy atom. The number of ether oxygens (including phenoxy) is 2. The Labute approximate surface area is 229 Å². The molecule has 9 heteroatoms. The first-order chi connectivity index (χ1) is 18.2. The van der Waals surface area contributed by atoms with Gasteiger partial charge in [-0.25, -0.2) is 9.59 Å². The SMILES string of the molecule is CC(C)(C)OC(=O)N=C(CCC(=O)c1ccccc1)NC(=O)OC(C)(C)C.Nc1ccc(-c2ccccc2)[nH]1. The topological polar surface area (TPSA) is 136 Å². The lowest BCUT2D eigenvalue weighted by atomic mass is 10.1. The largest absolute Gasteiger partial charge is 0.444 e. The Hall–Kier alpha value is -4.40. The average molecular weight is 535 g/mol. The van der Waals surface area contributed by atoms with Crippen LogP contribution in [0.3, 0.4) is 0 Å². The Morgan fingerprint density at radius 2 is 1.36 bits per heavy atom. The predicted octanol–water partition coefficient (Wildman–Crippen LogP) is 6.77. The van der Waals surface area contributed by atoms with Crippen molar-refractivity contribution in [2.75, 3.05) is 5.73 Å². The van der Waals surface area contributed by atoms with Gasteiger partial charge in [0.05, 0.1) is 0 Å². The number of hydrogen-bond donors (Lipinski definition) is 3. The highest BCUT2D eigenvalue weighted by Crippen LogP contribution is 2.18. The molecule has 9 nitrogen and oxygen atoms in total. The van der Waals surface area contributed by atoms with Crippen molar-refractivity contribution in [2.24, 2.45) is 4.99 Å². The number of carbonyl (C=O) groups is 3. The number of rotatable bonds is 5. The van der Waals surface area contributed by atoms with Crippen LogP contribution in [0.2, 0.25) is 0 Å². The fourth-order valence-electron chi connectivity index (χ4n) is 3.16. The molecule has 0 radical (unpaired) electrons. The smallest absolute Gasteiger partial charge is 0.435 e. The number of amides is 2. The summed E-state index contributed by atoms with van der Waals surface area (Å²) in [6.07, 6.45) is -1.47. The number of Topliss-reactive ketones (excluding diaryl/α,β-unsaturated/α-hetero) is 1. The molecular formula is C30H38N4O5. The molecule has 0 atom stereocenters. The number of alkyl carbamates (subject to hydrolysis) is 1. The van der Waals surface area contributed by atoms with Crippen LogP contribution in [0.25, 0.3) is 11.3 Å². The first-order valence-electron chi connectivity index (χ1n) is 12.6. The van der Waals surface area contributed by atoms with Crippen LogP contribution in [-0.2, 0) is 9.47 Å². The molecular weight excluding hydrogens is 496 g/mol. The van der Waals surface area contributed by atoms with E-state index in [9.17, 15) is 14.4 Å². The van der Waals surface area contributed by atoms with Crippen LogP contribution < -0.4 is 11.1 Å². The van der Waals surface area contributed by atoms with Gasteiger partial charge in [-0.1, -0.05) is 60.7 Å². The lowest BCUT2D eigenvalue weighted by Crippen LogP contribution is -2.37. The van der Waals surface area contributed by atoms with Crippen LogP contribution in [0.1, 0.15) is 64.7 Å². The molecule has 4 N–H and O–H groups in total. The number of amidine groups is 1. The number of aromatic amines is 1. The van der Waals surface area contributed by atoms with Crippen molar-refractivity contribution in [2.45, 2.75) is 65.6 Å². The molecule has 1 aromatic heterocycles. The molecule has 0 saturated heterocycles. The number of benzene rings is 2. The van der Waals surface area contributed by atoms with Gasteiger partial charge in [-0.2, -0.15) is 4.99 Å². The van der Waals surface area contributed by atoms with E-state index in [4.69, 9.17) is 15.2 Å². The lowest BCUT2D eigenvalue weighted by Gasteiger charge is -2.20. The predicted molar refractivity (Wildman–Crippen MR) is 154 cm³/mol. The molecule has 3 rings (SSSR count). The number of ketones is 1. The molecule has 0 saturated carbocycles. The summed E-state index contributed by atoms with van der Waals surface area (Å²) in [7, 11) is 0. The highest BCUT2D eigenvalue weighted by Gasteiger charge is 2.21. The molecule has 2 aromatic carbocycles. The Morgan fingerprint density at radius 3 is 1.87 bits per heavy atom. The second-order valence-corrected chi connectivity index (χ2v) is 10.6. The Bertz CT molecular complexity index is 1250. The number of H-pyrrole nitrogens is 1. The monoisotopic (exact) mass is 534 g/mol. The van der Waals surface area contributed by atoms with Crippen molar-refractivity contribution < 1.29 is 23.9 Å². The lowest BCUT2D eigenvalue weighted by molar-refractivity contribution is 0.0560. The van der Waals surface area contributed by atoms with E-state index in [0.29, 0.717) is 11.4 Å². The molecule has 39 heavy (non-hydrogen) atoms. The molecule has 0 fully saturated rings. The normalized spacial score (nSPS) is 11.6. The van der Waals surface area contributed by atoms with Crippen molar-refractivity contribution >= 4 is 29.6 Å². The zero-order valence-electron chi connectivity index (χ0n) is 23.4. The van der Waals surface area contributed by atoms with E-state index < -0.39 is 23.4 Å². The highest BCUT2D eigenvalue weighted by atomic mass is 16.6. The van der Waals surface area contributed by atoms with Gasteiger partial charge >= 0.3 is 12.2 Å². The minimum absolute atomic E-state index is 0.0165. The highest BCUT2D eigenvalue weighted by molar-refractivity contribution is 6.03. The third-order valence-electron chi connectivity index (χ3n) is 4.74.